The van der Waals surface area contributed by atoms with Crippen molar-refractivity contribution in [1.29, 1.82) is 0 Å². The SMILES string of the molecule is O=c1[nH]c2cnc(-c3cnc4ccccn34)nc2n1C1CCCC1. The number of hydrogen-bond donors (Lipinski definition) is 1. The molecule has 4 heterocycles. The molecule has 0 bridgehead atoms. The molecule has 0 aromatic carbocycles. The van der Waals surface area contributed by atoms with Crippen LogP contribution in [-0.2, 0) is 0 Å². The summed E-state index contributed by atoms with van der Waals surface area (Å²) in [5, 5.41) is 0. The molecule has 0 amide bonds. The van der Waals surface area contributed by atoms with Gasteiger partial charge in [0.15, 0.2) is 11.5 Å². The van der Waals surface area contributed by atoms with Crippen LogP contribution in [0.2, 0.25) is 0 Å². The van der Waals surface area contributed by atoms with Crippen molar-refractivity contribution in [2.45, 2.75) is 31.7 Å². The van der Waals surface area contributed by atoms with Crippen LogP contribution in [0.4, 0.5) is 0 Å². The lowest BCUT2D eigenvalue weighted by atomic mass is 10.2. The predicted octanol–water partition coefficient (Wildman–Crippen LogP) is 2.55. The molecular formula is C17H16N6O. The van der Waals surface area contributed by atoms with Crippen LogP contribution in [-0.4, -0.2) is 28.9 Å². The van der Waals surface area contributed by atoms with Gasteiger partial charge in [-0.15, -0.1) is 0 Å². The van der Waals surface area contributed by atoms with Crippen LogP contribution < -0.4 is 5.69 Å². The Kier molecular flexibility index (Phi) is 2.82. The van der Waals surface area contributed by atoms with E-state index in [1.807, 2.05) is 28.8 Å². The maximum atomic E-state index is 12.4. The molecule has 4 aromatic heterocycles. The molecule has 7 heteroatoms. The van der Waals surface area contributed by atoms with E-state index in [-0.39, 0.29) is 11.7 Å². The molecule has 1 N–H and O–H groups in total. The monoisotopic (exact) mass is 320 g/mol. The normalized spacial score (nSPS) is 15.7. The summed E-state index contributed by atoms with van der Waals surface area (Å²) in [6.45, 7) is 0. The molecular weight excluding hydrogens is 304 g/mol. The first-order valence-electron chi connectivity index (χ1n) is 8.21. The van der Waals surface area contributed by atoms with Gasteiger partial charge in [-0.3, -0.25) is 8.97 Å². The first kappa shape index (κ1) is 13.5. The fourth-order valence-electron chi connectivity index (χ4n) is 3.64. The Morgan fingerprint density at radius 2 is 2.00 bits per heavy atom. The van der Waals surface area contributed by atoms with Gasteiger partial charge in [-0.25, -0.2) is 19.7 Å². The number of pyridine rings is 1. The second-order valence-corrected chi connectivity index (χ2v) is 6.24. The summed E-state index contributed by atoms with van der Waals surface area (Å²) in [6, 6.07) is 6.06. The topological polar surface area (TPSA) is 80.9 Å². The lowest BCUT2D eigenvalue weighted by molar-refractivity contribution is 0.515. The highest BCUT2D eigenvalue weighted by Crippen LogP contribution is 2.30. The van der Waals surface area contributed by atoms with Crippen LogP contribution in [0.25, 0.3) is 28.3 Å². The summed E-state index contributed by atoms with van der Waals surface area (Å²) >= 11 is 0. The second-order valence-electron chi connectivity index (χ2n) is 6.24. The van der Waals surface area contributed by atoms with Crippen molar-refractivity contribution in [3.63, 3.8) is 0 Å². The summed E-state index contributed by atoms with van der Waals surface area (Å²) in [6.07, 6.45) is 9.77. The maximum Gasteiger partial charge on any atom is 0.327 e. The highest BCUT2D eigenvalue weighted by Gasteiger charge is 2.22. The third-order valence-electron chi connectivity index (χ3n) is 4.79. The minimum Gasteiger partial charge on any atom is -0.303 e. The van der Waals surface area contributed by atoms with E-state index in [0.29, 0.717) is 17.0 Å². The van der Waals surface area contributed by atoms with E-state index < -0.39 is 0 Å². The van der Waals surface area contributed by atoms with Gasteiger partial charge < -0.3 is 4.98 Å². The molecule has 0 radical (unpaired) electrons. The van der Waals surface area contributed by atoms with Gasteiger partial charge in [0, 0.05) is 12.2 Å². The number of rotatable bonds is 2. The second kappa shape index (κ2) is 5.02. The van der Waals surface area contributed by atoms with Gasteiger partial charge in [-0.05, 0) is 25.0 Å². The van der Waals surface area contributed by atoms with E-state index in [1.54, 1.807) is 17.0 Å². The van der Waals surface area contributed by atoms with Crippen LogP contribution in [0.3, 0.4) is 0 Å². The minimum atomic E-state index is -0.0958. The van der Waals surface area contributed by atoms with Crippen LogP contribution >= 0.6 is 0 Å². The molecule has 4 aromatic rings. The molecule has 0 unspecified atom stereocenters. The lowest BCUT2D eigenvalue weighted by Gasteiger charge is -2.10. The highest BCUT2D eigenvalue weighted by atomic mass is 16.1. The number of aromatic amines is 1. The quantitative estimate of drug-likeness (QED) is 0.615. The standard InChI is InChI=1S/C17H16N6O/c24-17-20-12-9-19-15(13-10-18-14-7-3-4-8-22(13)14)21-16(12)23(17)11-5-1-2-6-11/h3-4,7-11H,1-2,5-6H2,(H,20,24). The third-order valence-corrected chi connectivity index (χ3v) is 4.79. The Bertz CT molecular complexity index is 1100. The number of hydrogen-bond acceptors (Lipinski definition) is 4. The summed E-state index contributed by atoms with van der Waals surface area (Å²) < 4.78 is 3.75. The molecule has 5 rings (SSSR count). The first-order valence-corrected chi connectivity index (χ1v) is 8.21. The van der Waals surface area contributed by atoms with Crippen LogP contribution in [0.15, 0.2) is 41.6 Å². The molecule has 1 aliphatic carbocycles. The van der Waals surface area contributed by atoms with Crippen molar-refractivity contribution in [1.82, 2.24) is 28.9 Å². The molecule has 24 heavy (non-hydrogen) atoms. The molecule has 0 aliphatic heterocycles. The first-order chi connectivity index (χ1) is 11.8. The number of H-pyrrole nitrogens is 1. The summed E-state index contributed by atoms with van der Waals surface area (Å²) in [7, 11) is 0. The van der Waals surface area contributed by atoms with Crippen molar-refractivity contribution in [3.05, 3.63) is 47.3 Å². The molecule has 7 nitrogen and oxygen atoms in total. The Labute approximate surface area is 137 Å². The summed E-state index contributed by atoms with van der Waals surface area (Å²) in [5.41, 5.74) is 2.94. The van der Waals surface area contributed by atoms with Gasteiger partial charge in [0.05, 0.1) is 12.4 Å². The van der Waals surface area contributed by atoms with Crippen molar-refractivity contribution in [3.8, 4) is 11.5 Å². The van der Waals surface area contributed by atoms with Gasteiger partial charge in [0.1, 0.15) is 16.9 Å². The smallest absolute Gasteiger partial charge is 0.303 e. The average molecular weight is 320 g/mol. The van der Waals surface area contributed by atoms with Gasteiger partial charge in [-0.1, -0.05) is 18.9 Å². The summed E-state index contributed by atoms with van der Waals surface area (Å²) in [5.74, 6) is 0.576. The number of aromatic nitrogens is 6. The van der Waals surface area contributed by atoms with E-state index in [1.165, 1.54) is 0 Å². The number of fused-ring (bicyclic) bond motifs is 2. The molecule has 1 fully saturated rings. The molecule has 120 valence electrons. The number of nitrogens with zero attached hydrogens (tertiary/aromatic N) is 5. The number of nitrogens with one attached hydrogen (secondary N) is 1. The Morgan fingerprint density at radius 3 is 2.88 bits per heavy atom. The van der Waals surface area contributed by atoms with Crippen LogP contribution in [0, 0.1) is 0 Å². The third kappa shape index (κ3) is 1.90. The largest absolute Gasteiger partial charge is 0.327 e. The van der Waals surface area contributed by atoms with Gasteiger partial charge >= 0.3 is 5.69 Å². The molecule has 1 aliphatic rings. The van der Waals surface area contributed by atoms with Gasteiger partial charge in [-0.2, -0.15) is 0 Å². The Morgan fingerprint density at radius 1 is 1.12 bits per heavy atom. The number of imidazole rings is 2. The molecule has 1 saturated carbocycles. The minimum absolute atomic E-state index is 0.0958. The van der Waals surface area contributed by atoms with E-state index in [4.69, 9.17) is 4.98 Å². The zero-order valence-corrected chi connectivity index (χ0v) is 13.0. The zero-order valence-electron chi connectivity index (χ0n) is 13.0. The molecule has 0 atom stereocenters. The van der Waals surface area contributed by atoms with Gasteiger partial charge in [0.25, 0.3) is 0 Å². The Hall–Kier alpha value is -2.96. The fraction of sp³-hybridized carbons (Fsp3) is 0.294. The lowest BCUT2D eigenvalue weighted by Crippen LogP contribution is -2.20. The van der Waals surface area contributed by atoms with Crippen LogP contribution in [0.1, 0.15) is 31.7 Å². The fourth-order valence-corrected chi connectivity index (χ4v) is 3.64. The van der Waals surface area contributed by atoms with E-state index in [9.17, 15) is 4.79 Å². The predicted molar refractivity (Wildman–Crippen MR) is 89.8 cm³/mol. The Balaban J connectivity index is 1.73. The maximum absolute atomic E-state index is 12.4. The van der Waals surface area contributed by atoms with Crippen molar-refractivity contribution >= 4 is 16.8 Å². The van der Waals surface area contributed by atoms with Crippen molar-refractivity contribution in [2.24, 2.45) is 0 Å². The van der Waals surface area contributed by atoms with Crippen LogP contribution in [0.5, 0.6) is 0 Å². The highest BCUT2D eigenvalue weighted by molar-refractivity contribution is 5.72. The van der Waals surface area contributed by atoms with Crippen molar-refractivity contribution in [2.75, 3.05) is 0 Å². The molecule has 0 spiro atoms. The van der Waals surface area contributed by atoms with Crippen molar-refractivity contribution < 1.29 is 0 Å². The van der Waals surface area contributed by atoms with E-state index >= 15 is 0 Å². The average Bonchev–Trinajstić information content (AvgIpc) is 3.31. The van der Waals surface area contributed by atoms with Gasteiger partial charge in [0.2, 0.25) is 0 Å². The zero-order chi connectivity index (χ0) is 16.1. The van der Waals surface area contributed by atoms with E-state index in [0.717, 1.165) is 37.0 Å². The van der Waals surface area contributed by atoms with E-state index in [2.05, 4.69) is 15.0 Å². The molecule has 0 saturated heterocycles. The summed E-state index contributed by atoms with van der Waals surface area (Å²) in [4.78, 5) is 28.7.